The number of anilines is 1. The normalized spacial score (nSPS) is 14.9. The van der Waals surface area contributed by atoms with Crippen LogP contribution in [-0.2, 0) is 10.2 Å². The fourth-order valence-corrected chi connectivity index (χ4v) is 2.78. The molecule has 1 aliphatic rings. The van der Waals surface area contributed by atoms with Crippen molar-refractivity contribution in [3.8, 4) is 5.69 Å². The minimum atomic E-state index is -0.983. The molecule has 4 rings (SSSR count). The van der Waals surface area contributed by atoms with Crippen LogP contribution < -0.4 is 5.32 Å². The molecule has 0 radical (unpaired) electrons. The van der Waals surface area contributed by atoms with Gasteiger partial charge in [0.25, 0.3) is 0 Å². The van der Waals surface area contributed by atoms with Gasteiger partial charge in [-0.05, 0) is 37.1 Å². The van der Waals surface area contributed by atoms with Crippen molar-refractivity contribution in [1.29, 1.82) is 0 Å². The summed E-state index contributed by atoms with van der Waals surface area (Å²) < 4.78 is 40.7. The van der Waals surface area contributed by atoms with E-state index in [2.05, 4.69) is 15.4 Å². The smallest absolute Gasteiger partial charge is 0.237 e. The SMILES string of the molecule is O=C(Nc1ccn(-c2ccc(F)c(F)c2)n1)C1(c2ccc(F)cn2)CC1. The van der Waals surface area contributed by atoms with Crippen LogP contribution in [0.25, 0.3) is 5.69 Å². The maximum Gasteiger partial charge on any atom is 0.237 e. The predicted molar refractivity (Wildman–Crippen MR) is 87.2 cm³/mol. The van der Waals surface area contributed by atoms with Crippen LogP contribution >= 0.6 is 0 Å². The lowest BCUT2D eigenvalue weighted by Gasteiger charge is -2.13. The first-order valence-electron chi connectivity index (χ1n) is 7.92. The molecule has 1 saturated carbocycles. The molecule has 2 heterocycles. The number of benzene rings is 1. The summed E-state index contributed by atoms with van der Waals surface area (Å²) in [6.45, 7) is 0. The largest absolute Gasteiger partial charge is 0.308 e. The third-order valence-electron chi connectivity index (χ3n) is 4.40. The maximum atomic E-state index is 13.3. The van der Waals surface area contributed by atoms with Crippen molar-refractivity contribution in [2.75, 3.05) is 5.32 Å². The van der Waals surface area contributed by atoms with Crippen LogP contribution in [-0.4, -0.2) is 20.7 Å². The summed E-state index contributed by atoms with van der Waals surface area (Å²) >= 11 is 0. The zero-order valence-corrected chi connectivity index (χ0v) is 13.4. The molecule has 2 aromatic heterocycles. The Balaban J connectivity index is 1.53. The second-order valence-electron chi connectivity index (χ2n) is 6.14. The molecule has 8 heteroatoms. The fourth-order valence-electron chi connectivity index (χ4n) is 2.78. The lowest BCUT2D eigenvalue weighted by molar-refractivity contribution is -0.118. The van der Waals surface area contributed by atoms with Gasteiger partial charge < -0.3 is 5.32 Å². The van der Waals surface area contributed by atoms with Gasteiger partial charge >= 0.3 is 0 Å². The van der Waals surface area contributed by atoms with Gasteiger partial charge in [0.2, 0.25) is 5.91 Å². The van der Waals surface area contributed by atoms with Crippen molar-refractivity contribution in [1.82, 2.24) is 14.8 Å². The zero-order chi connectivity index (χ0) is 18.3. The van der Waals surface area contributed by atoms with Gasteiger partial charge in [-0.1, -0.05) is 0 Å². The average Bonchev–Trinajstić information content (AvgIpc) is 3.31. The first-order valence-corrected chi connectivity index (χ1v) is 7.92. The highest BCUT2D eigenvalue weighted by molar-refractivity contribution is 6.00. The van der Waals surface area contributed by atoms with E-state index in [9.17, 15) is 18.0 Å². The van der Waals surface area contributed by atoms with Crippen LogP contribution in [0, 0.1) is 17.5 Å². The number of aromatic nitrogens is 3. The van der Waals surface area contributed by atoms with Gasteiger partial charge in [0.1, 0.15) is 5.82 Å². The average molecular weight is 358 g/mol. The third kappa shape index (κ3) is 2.83. The van der Waals surface area contributed by atoms with E-state index in [1.54, 1.807) is 6.07 Å². The van der Waals surface area contributed by atoms with Crippen LogP contribution in [0.4, 0.5) is 19.0 Å². The second kappa shape index (κ2) is 5.98. The Morgan fingerprint density at radius 1 is 1.08 bits per heavy atom. The van der Waals surface area contributed by atoms with E-state index >= 15 is 0 Å². The van der Waals surface area contributed by atoms with E-state index in [0.29, 0.717) is 24.2 Å². The molecule has 0 saturated heterocycles. The van der Waals surface area contributed by atoms with Crippen LogP contribution in [0.5, 0.6) is 0 Å². The summed E-state index contributed by atoms with van der Waals surface area (Å²) in [6, 6.07) is 7.72. The first-order chi connectivity index (χ1) is 12.5. The second-order valence-corrected chi connectivity index (χ2v) is 6.14. The highest BCUT2D eigenvalue weighted by Crippen LogP contribution is 2.48. The molecule has 1 fully saturated rings. The van der Waals surface area contributed by atoms with Crippen LogP contribution in [0.3, 0.4) is 0 Å². The Kier molecular flexibility index (Phi) is 3.75. The standard InChI is InChI=1S/C18H13F3N4O/c19-11-1-4-15(22-10-11)18(6-7-18)17(26)23-16-5-8-25(24-16)12-2-3-13(20)14(21)9-12/h1-5,8-10H,6-7H2,(H,23,24,26). The number of carbonyl (C=O) groups excluding carboxylic acids is 1. The van der Waals surface area contributed by atoms with Crippen molar-refractivity contribution in [2.45, 2.75) is 18.3 Å². The van der Waals surface area contributed by atoms with E-state index < -0.39 is 22.9 Å². The van der Waals surface area contributed by atoms with Gasteiger partial charge in [-0.2, -0.15) is 5.10 Å². The Hall–Kier alpha value is -3.16. The van der Waals surface area contributed by atoms with Gasteiger partial charge in [0, 0.05) is 18.3 Å². The summed E-state index contributed by atoms with van der Waals surface area (Å²) in [7, 11) is 0. The number of carbonyl (C=O) groups is 1. The van der Waals surface area contributed by atoms with E-state index in [4.69, 9.17) is 0 Å². The molecule has 26 heavy (non-hydrogen) atoms. The van der Waals surface area contributed by atoms with Gasteiger partial charge in [-0.15, -0.1) is 0 Å². The topological polar surface area (TPSA) is 59.8 Å². The Morgan fingerprint density at radius 3 is 2.54 bits per heavy atom. The first kappa shape index (κ1) is 16.3. The molecule has 0 bridgehead atoms. The molecule has 1 amide bonds. The zero-order valence-electron chi connectivity index (χ0n) is 13.4. The van der Waals surface area contributed by atoms with Gasteiger partial charge in [-0.3, -0.25) is 9.78 Å². The number of amides is 1. The molecule has 5 nitrogen and oxygen atoms in total. The molecule has 1 aromatic carbocycles. The number of pyridine rings is 1. The molecule has 3 aromatic rings. The monoisotopic (exact) mass is 358 g/mol. The molecule has 132 valence electrons. The quantitative estimate of drug-likeness (QED) is 0.778. The summed E-state index contributed by atoms with van der Waals surface area (Å²) in [6.07, 6.45) is 3.83. The number of nitrogens with one attached hydrogen (secondary N) is 1. The minimum Gasteiger partial charge on any atom is -0.308 e. The summed E-state index contributed by atoms with van der Waals surface area (Å²) in [5.41, 5.74) is 0.0570. The number of nitrogens with zero attached hydrogens (tertiary/aromatic N) is 3. The van der Waals surface area contributed by atoms with E-state index in [1.807, 2.05) is 0 Å². The van der Waals surface area contributed by atoms with Crippen molar-refractivity contribution >= 4 is 11.7 Å². The number of rotatable bonds is 4. The van der Waals surface area contributed by atoms with Crippen molar-refractivity contribution in [3.05, 3.63) is 71.9 Å². The van der Waals surface area contributed by atoms with Gasteiger partial charge in [0.15, 0.2) is 17.5 Å². The maximum absolute atomic E-state index is 13.3. The Bertz CT molecular complexity index is 980. The molecular formula is C18H13F3N4O. The number of hydrogen-bond acceptors (Lipinski definition) is 3. The molecule has 0 atom stereocenters. The minimum absolute atomic E-state index is 0.271. The Labute approximate surface area is 146 Å². The fraction of sp³-hybridized carbons (Fsp3) is 0.167. The molecular weight excluding hydrogens is 345 g/mol. The molecule has 0 unspecified atom stereocenters. The van der Waals surface area contributed by atoms with E-state index in [-0.39, 0.29) is 11.7 Å². The third-order valence-corrected chi connectivity index (χ3v) is 4.40. The molecule has 0 spiro atoms. The summed E-state index contributed by atoms with van der Waals surface area (Å²) in [5, 5.41) is 6.86. The molecule has 0 aliphatic heterocycles. The van der Waals surface area contributed by atoms with Crippen molar-refractivity contribution in [2.24, 2.45) is 0 Å². The number of hydrogen-bond donors (Lipinski definition) is 1. The summed E-state index contributed by atoms with van der Waals surface area (Å²) in [4.78, 5) is 16.6. The highest BCUT2D eigenvalue weighted by atomic mass is 19.2. The van der Waals surface area contributed by atoms with Crippen LogP contribution in [0.2, 0.25) is 0 Å². The lowest BCUT2D eigenvalue weighted by atomic mass is 10.0. The molecule has 1 aliphatic carbocycles. The molecule has 1 N–H and O–H groups in total. The van der Waals surface area contributed by atoms with Crippen molar-refractivity contribution < 1.29 is 18.0 Å². The lowest BCUT2D eigenvalue weighted by Crippen LogP contribution is -2.29. The van der Waals surface area contributed by atoms with Crippen LogP contribution in [0.1, 0.15) is 18.5 Å². The Morgan fingerprint density at radius 2 is 1.88 bits per heavy atom. The van der Waals surface area contributed by atoms with Crippen LogP contribution in [0.15, 0.2) is 48.8 Å². The van der Waals surface area contributed by atoms with Crippen molar-refractivity contribution in [3.63, 3.8) is 0 Å². The highest BCUT2D eigenvalue weighted by Gasteiger charge is 2.52. The summed E-state index contributed by atoms with van der Waals surface area (Å²) in [5.74, 6) is -2.41. The predicted octanol–water partition coefficient (Wildman–Crippen LogP) is 3.35. The van der Waals surface area contributed by atoms with Gasteiger partial charge in [-0.25, -0.2) is 17.9 Å². The van der Waals surface area contributed by atoms with E-state index in [1.165, 1.54) is 29.1 Å². The van der Waals surface area contributed by atoms with Gasteiger partial charge in [0.05, 0.1) is 23.0 Å². The van der Waals surface area contributed by atoms with E-state index in [0.717, 1.165) is 18.3 Å². The number of halogens is 3.